The minimum absolute atomic E-state index is 0.0703. The number of piperazine rings is 1. The van der Waals surface area contributed by atoms with E-state index in [1.807, 2.05) is 0 Å². The van der Waals surface area contributed by atoms with Crippen molar-refractivity contribution in [2.24, 2.45) is 5.89 Å². The highest BCUT2D eigenvalue weighted by molar-refractivity contribution is 6.34. The number of nitrogens with one attached hydrogen (secondary N) is 1. The fourth-order valence-corrected chi connectivity index (χ4v) is 2.25. The van der Waals surface area contributed by atoms with Crippen LogP contribution in [-0.2, 0) is 0 Å². The molecule has 1 aromatic rings. The molecule has 0 bridgehead atoms. The summed E-state index contributed by atoms with van der Waals surface area (Å²) >= 11 is 6.27. The van der Waals surface area contributed by atoms with E-state index in [4.69, 9.17) is 44.5 Å². The summed E-state index contributed by atoms with van der Waals surface area (Å²) in [6.45, 7) is -18.8. The van der Waals surface area contributed by atoms with Gasteiger partial charge in [-0.15, -0.1) is 0 Å². The van der Waals surface area contributed by atoms with Gasteiger partial charge in [-0.05, 0) is 62.9 Å². The van der Waals surface area contributed by atoms with Crippen molar-refractivity contribution in [1.82, 2.24) is 15.1 Å². The molecule has 2 fully saturated rings. The molecule has 2 amide bonds. The van der Waals surface area contributed by atoms with Gasteiger partial charge in [0.2, 0.25) is 0 Å². The van der Waals surface area contributed by atoms with Crippen molar-refractivity contribution < 1.29 is 37.7 Å². The molecule has 0 unspecified atom stereocenters. The summed E-state index contributed by atoms with van der Waals surface area (Å²) in [4.78, 5) is 12.3. The third-order valence-electron chi connectivity index (χ3n) is 3.58. The minimum Gasteiger partial charge on any atom is -0.368 e. The minimum atomic E-state index is -4.14. The van der Waals surface area contributed by atoms with E-state index in [-0.39, 0.29) is 20.3 Å². The number of amides is 2. The van der Waals surface area contributed by atoms with Crippen molar-refractivity contribution in [2.75, 3.05) is 51.5 Å². The molecular weight excluding hydrogens is 372 g/mol. The Morgan fingerprint density at radius 1 is 1.36 bits per heavy atom. The Balaban J connectivity index is 2.22. The molecule has 1 heterocycles. The summed E-state index contributed by atoms with van der Waals surface area (Å²) < 4.78 is 202. The lowest BCUT2D eigenvalue weighted by Crippen LogP contribution is -2.47. The molecule has 0 radical (unpaired) electrons. The average Bonchev–Trinajstić information content (AvgIpc) is 2.97. The largest absolute Gasteiger partial charge is 0.368 e. The van der Waals surface area contributed by atoms with Gasteiger partial charge < -0.3 is 15.1 Å². The van der Waals surface area contributed by atoms with Crippen LogP contribution >= 0.6 is 11.6 Å². The molecule has 0 atom stereocenters. The van der Waals surface area contributed by atoms with E-state index in [2.05, 4.69) is 0 Å². The van der Waals surface area contributed by atoms with Crippen LogP contribution in [0.25, 0.3) is 0 Å². The van der Waals surface area contributed by atoms with Crippen LogP contribution in [0.2, 0.25) is 5.02 Å². The number of halogens is 1. The Kier molecular flexibility index (Phi) is 2.20. The van der Waals surface area contributed by atoms with Crippen LogP contribution in [-0.4, -0.2) is 68.4 Å². The number of hydrogen-bond acceptors (Lipinski definition) is 3. The number of rotatable bonds is 5. The highest BCUT2D eigenvalue weighted by Gasteiger charge is 2.24. The molecular formula is C22H35ClN4O. The molecule has 28 heavy (non-hydrogen) atoms. The maximum absolute atomic E-state index is 12.7. The predicted molar refractivity (Wildman–Crippen MR) is 117 cm³/mol. The Bertz CT molecular complexity index is 1540. The Hall–Kier alpha value is -1.46. The van der Waals surface area contributed by atoms with Gasteiger partial charge in [0.25, 0.3) is 0 Å². The zero-order valence-electron chi connectivity index (χ0n) is 39.0. The van der Waals surface area contributed by atoms with Gasteiger partial charge in [-0.3, -0.25) is 4.90 Å². The number of anilines is 1. The maximum Gasteiger partial charge on any atom is 0.317 e. The zero-order valence-corrected chi connectivity index (χ0v) is 15.8. The molecule has 156 valence electrons. The third-order valence-corrected chi connectivity index (χ3v) is 4.05. The fraction of sp³-hybridized carbons (Fsp3) is 0.682. The molecule has 0 aromatic heterocycles. The van der Waals surface area contributed by atoms with Gasteiger partial charge in [-0.2, -0.15) is 0 Å². The quantitative estimate of drug-likeness (QED) is 0.767. The molecule has 1 saturated carbocycles. The van der Waals surface area contributed by atoms with Crippen LogP contribution in [0.3, 0.4) is 0 Å². The normalized spacial score (nSPS) is 56.2. The number of nitrogens with zero attached hydrogens (tertiary/aromatic N) is 3. The summed E-state index contributed by atoms with van der Waals surface area (Å²) in [5.41, 5.74) is -1.26. The predicted octanol–water partition coefficient (Wildman–Crippen LogP) is 3.99. The molecule has 1 aliphatic carbocycles. The lowest BCUT2D eigenvalue weighted by molar-refractivity contribution is 0.194. The number of benzene rings is 1. The van der Waals surface area contributed by atoms with E-state index in [1.54, 1.807) is 0 Å². The number of carbonyl (C=O) groups excluding carboxylic acids is 1. The van der Waals surface area contributed by atoms with Crippen LogP contribution in [0.5, 0.6) is 0 Å². The van der Waals surface area contributed by atoms with Crippen molar-refractivity contribution in [2.45, 2.75) is 44.9 Å². The summed E-state index contributed by atoms with van der Waals surface area (Å²) in [7, 11) is 0.646. The maximum atomic E-state index is 12.7. The molecule has 3 rings (SSSR count). The first-order chi connectivity index (χ1) is 22.7. The Morgan fingerprint density at radius 3 is 2.75 bits per heavy atom. The fourth-order valence-electron chi connectivity index (χ4n) is 2.07. The smallest absolute Gasteiger partial charge is 0.317 e. The number of hydrogen-bond donors (Lipinski definition) is 1. The van der Waals surface area contributed by atoms with Crippen molar-refractivity contribution in [1.29, 1.82) is 0 Å². The molecule has 6 heteroatoms. The Morgan fingerprint density at radius 2 is 2.07 bits per heavy atom. The van der Waals surface area contributed by atoms with E-state index in [0.717, 1.165) is 6.92 Å². The molecule has 2 aliphatic rings. The first-order valence-electron chi connectivity index (χ1n) is 20.1. The average molecular weight is 431 g/mol. The van der Waals surface area contributed by atoms with Crippen molar-refractivity contribution >= 4 is 23.3 Å². The molecule has 1 N–H and O–H groups in total. The Labute approximate surface area is 208 Å². The topological polar surface area (TPSA) is 38.8 Å². The van der Waals surface area contributed by atoms with Crippen LogP contribution in [0, 0.1) is 12.8 Å². The standard InChI is InChI=1S/C22H35ClN4O/c1-17-5-4-6-20(21(17)23)27-15-13-26(14-16-27)12-11-18-7-9-19(10-8-18)24-22(28)25(2)3/h4-6,18-19H,7-16H2,1-3H3,(H,24,28)/t18-,19-/i2D3,4D,5D,6D,7D2,8D2,9D2,10D2,13D2,14D2,15D2,16D2,18D,19D. The summed E-state index contributed by atoms with van der Waals surface area (Å²) in [5.74, 6) is -3.82. The summed E-state index contributed by atoms with van der Waals surface area (Å²) in [6, 6.07) is -8.43. The molecule has 5 nitrogen and oxygen atoms in total. The second kappa shape index (κ2) is 9.84. The summed E-state index contributed by atoms with van der Waals surface area (Å²) in [5, 5.41) is 0.732. The number of carbonyl (C=O) groups is 1. The lowest BCUT2D eigenvalue weighted by atomic mass is 9.84. The number of urea groups is 1. The highest BCUT2D eigenvalue weighted by atomic mass is 35.5. The van der Waals surface area contributed by atoms with Crippen molar-refractivity contribution in [3.05, 3.63) is 28.7 Å². The van der Waals surface area contributed by atoms with Gasteiger partial charge in [0, 0.05) is 68.0 Å². The first kappa shape index (κ1) is 6.27. The SMILES string of the molecule is [2H]c1c([2H])c(C)c(Cl)c(N2C([2H])([2H])C([2H])([2H])N(CC[C@]3([2H])C([2H])([2H])C([2H])([2H])[C@@]([2H])(NC(=O)N(C)C([2H])([2H])[2H])C([2H])([2H])C3([2H])[2H])C([2H])([2H])C2([2H])[2H])c1[2H]. The van der Waals surface area contributed by atoms with E-state index in [1.165, 1.54) is 5.32 Å². The summed E-state index contributed by atoms with van der Waals surface area (Å²) in [6.07, 6.45) is -18.1. The molecule has 0 spiro atoms. The highest BCUT2D eigenvalue weighted by Crippen LogP contribution is 2.30. The van der Waals surface area contributed by atoms with Gasteiger partial charge in [0.1, 0.15) is 0 Å². The molecule has 1 saturated heterocycles. The van der Waals surface area contributed by atoms with Crippen LogP contribution in [0.4, 0.5) is 10.5 Å². The molecule has 1 aliphatic heterocycles. The van der Waals surface area contributed by atoms with Crippen LogP contribution < -0.4 is 10.2 Å². The van der Waals surface area contributed by atoms with Crippen molar-refractivity contribution in [3.63, 3.8) is 0 Å². The van der Waals surface area contributed by atoms with E-state index in [9.17, 15) is 4.79 Å². The van der Waals surface area contributed by atoms with Crippen molar-refractivity contribution in [3.8, 4) is 0 Å². The second-order valence-corrected chi connectivity index (χ2v) is 6.07. The first-order valence-corrected chi connectivity index (χ1v) is 8.45. The van der Waals surface area contributed by atoms with Crippen LogP contribution in [0.1, 0.15) is 70.4 Å². The zero-order chi connectivity index (χ0) is 41.4. The van der Waals surface area contributed by atoms with E-state index < -0.39 is 118 Å². The van der Waals surface area contributed by atoms with Gasteiger partial charge in [0.05, 0.1) is 21.7 Å². The molecule has 1 aromatic carbocycles. The monoisotopic (exact) mass is 430 g/mol. The third kappa shape index (κ3) is 5.54. The van der Waals surface area contributed by atoms with Crippen LogP contribution in [0.15, 0.2) is 18.1 Å². The lowest BCUT2D eigenvalue weighted by Gasteiger charge is -2.37. The van der Waals surface area contributed by atoms with Gasteiger partial charge in [-0.1, -0.05) is 23.7 Å². The van der Waals surface area contributed by atoms with Gasteiger partial charge in [-0.25, -0.2) is 4.79 Å². The second-order valence-electron chi connectivity index (χ2n) is 5.69. The van der Waals surface area contributed by atoms with E-state index in [0.29, 0.717) is 7.05 Å². The van der Waals surface area contributed by atoms with Gasteiger partial charge in [0.15, 0.2) is 0 Å². The van der Waals surface area contributed by atoms with Gasteiger partial charge >= 0.3 is 6.03 Å². The van der Waals surface area contributed by atoms with E-state index >= 15 is 0 Å².